The number of hydrogen-bond acceptors (Lipinski definition) is 4. The largest absolute Gasteiger partial charge is 0.318 e. The van der Waals surface area contributed by atoms with Crippen molar-refractivity contribution in [3.05, 3.63) is 92.7 Å². The third-order valence-corrected chi connectivity index (χ3v) is 8.47. The smallest absolute Gasteiger partial charge is 0.279 e. The molecule has 4 aromatic rings. The molecule has 0 saturated carbocycles. The molecule has 0 aliphatic heterocycles. The number of amides is 1. The minimum atomic E-state index is -3.71. The number of carbonyl (C=O) groups is 1. The van der Waals surface area contributed by atoms with Gasteiger partial charge in [0.2, 0.25) is 10.0 Å². The van der Waals surface area contributed by atoms with Crippen LogP contribution in [0.5, 0.6) is 0 Å². The Hall–Kier alpha value is -2.49. The van der Waals surface area contributed by atoms with Crippen molar-refractivity contribution < 1.29 is 13.2 Å². The van der Waals surface area contributed by atoms with Gasteiger partial charge in [-0.2, -0.15) is 9.30 Å². The van der Waals surface area contributed by atoms with E-state index in [2.05, 4.69) is 4.99 Å². The maximum absolute atomic E-state index is 12.9. The van der Waals surface area contributed by atoms with E-state index in [9.17, 15) is 13.2 Å². The summed E-state index contributed by atoms with van der Waals surface area (Å²) in [4.78, 5) is 17.5. The van der Waals surface area contributed by atoms with E-state index in [0.29, 0.717) is 14.8 Å². The van der Waals surface area contributed by atoms with Gasteiger partial charge in [-0.25, -0.2) is 8.42 Å². The Labute approximate surface area is 205 Å². The molecule has 0 fully saturated rings. The van der Waals surface area contributed by atoms with Gasteiger partial charge in [-0.3, -0.25) is 4.79 Å². The molecular weight excluding hydrogens is 501 g/mol. The number of fused-ring (bicyclic) bond motifs is 1. The highest BCUT2D eigenvalue weighted by Gasteiger charge is 2.21. The van der Waals surface area contributed by atoms with Gasteiger partial charge in [-0.05, 0) is 42.0 Å². The second kappa shape index (κ2) is 9.40. The van der Waals surface area contributed by atoms with Gasteiger partial charge in [-0.15, -0.1) is 0 Å². The van der Waals surface area contributed by atoms with Crippen molar-refractivity contribution in [1.82, 2.24) is 8.87 Å². The van der Waals surface area contributed by atoms with Crippen molar-refractivity contribution in [2.45, 2.75) is 11.4 Å². The molecule has 0 saturated heterocycles. The van der Waals surface area contributed by atoms with Gasteiger partial charge in [0.1, 0.15) is 0 Å². The van der Waals surface area contributed by atoms with E-state index in [1.165, 1.54) is 47.0 Å². The molecule has 10 heteroatoms. The molecule has 0 spiro atoms. The molecule has 1 amide bonds. The lowest BCUT2D eigenvalue weighted by Crippen LogP contribution is -2.26. The second-order valence-electron chi connectivity index (χ2n) is 7.37. The fourth-order valence-electron chi connectivity index (χ4n) is 3.33. The van der Waals surface area contributed by atoms with Crippen LogP contribution < -0.4 is 4.80 Å². The Morgan fingerprint density at radius 2 is 1.73 bits per heavy atom. The van der Waals surface area contributed by atoms with E-state index in [1.54, 1.807) is 23.7 Å². The van der Waals surface area contributed by atoms with E-state index in [-0.39, 0.29) is 17.0 Å². The first-order chi connectivity index (χ1) is 15.7. The molecule has 170 valence electrons. The molecule has 33 heavy (non-hydrogen) atoms. The Kier molecular flexibility index (Phi) is 6.74. The van der Waals surface area contributed by atoms with E-state index >= 15 is 0 Å². The van der Waals surface area contributed by atoms with E-state index in [1.807, 2.05) is 30.3 Å². The Morgan fingerprint density at radius 3 is 2.39 bits per heavy atom. The molecule has 4 rings (SSSR count). The van der Waals surface area contributed by atoms with Crippen molar-refractivity contribution in [3.63, 3.8) is 0 Å². The summed E-state index contributed by atoms with van der Waals surface area (Å²) >= 11 is 13.6. The van der Waals surface area contributed by atoms with Gasteiger partial charge in [0.25, 0.3) is 5.91 Å². The fourth-order valence-corrected chi connectivity index (χ4v) is 6.32. The van der Waals surface area contributed by atoms with Crippen LogP contribution in [-0.2, 0) is 23.6 Å². The van der Waals surface area contributed by atoms with E-state index in [4.69, 9.17) is 23.2 Å². The molecule has 0 unspecified atom stereocenters. The average Bonchev–Trinajstić information content (AvgIpc) is 3.09. The number of benzene rings is 3. The summed E-state index contributed by atoms with van der Waals surface area (Å²) in [5.74, 6) is -0.485. The summed E-state index contributed by atoms with van der Waals surface area (Å²) < 4.78 is 29.6. The molecule has 3 aromatic carbocycles. The number of nitrogens with zero attached hydrogens (tertiary/aromatic N) is 3. The third-order valence-electron chi connectivity index (χ3n) is 5.07. The van der Waals surface area contributed by atoms with Crippen LogP contribution in [0.1, 0.15) is 15.9 Å². The van der Waals surface area contributed by atoms with Crippen LogP contribution in [-0.4, -0.2) is 30.2 Å². The van der Waals surface area contributed by atoms with Gasteiger partial charge < -0.3 is 4.57 Å². The molecule has 6 nitrogen and oxygen atoms in total. The van der Waals surface area contributed by atoms with Crippen LogP contribution in [0.4, 0.5) is 0 Å². The van der Waals surface area contributed by atoms with Crippen molar-refractivity contribution >= 4 is 60.7 Å². The lowest BCUT2D eigenvalue weighted by atomic mass is 10.2. The number of thiazole rings is 1. The number of rotatable bonds is 5. The van der Waals surface area contributed by atoms with Crippen LogP contribution in [0.2, 0.25) is 10.0 Å². The van der Waals surface area contributed by atoms with Crippen molar-refractivity contribution in [1.29, 1.82) is 0 Å². The highest BCUT2D eigenvalue weighted by Crippen LogP contribution is 2.29. The second-order valence-corrected chi connectivity index (χ2v) is 11.3. The van der Waals surface area contributed by atoms with Gasteiger partial charge in [0.05, 0.1) is 20.1 Å². The van der Waals surface area contributed by atoms with Crippen molar-refractivity contribution in [3.8, 4) is 0 Å². The van der Waals surface area contributed by atoms with Gasteiger partial charge >= 0.3 is 0 Å². The van der Waals surface area contributed by atoms with Crippen LogP contribution in [0.25, 0.3) is 10.2 Å². The SMILES string of the molecule is CN(Cc1ccccc1)S(=O)(=O)c1ccc(C(=O)N=c2sc3cc(Cl)cc(Cl)c3n2C)cc1. The molecule has 1 heterocycles. The zero-order chi connectivity index (χ0) is 23.8. The zero-order valence-corrected chi connectivity index (χ0v) is 20.8. The number of sulfonamides is 1. The fraction of sp³-hybridized carbons (Fsp3) is 0.130. The highest BCUT2D eigenvalue weighted by molar-refractivity contribution is 7.89. The number of aryl methyl sites for hydroxylation is 1. The number of hydrogen-bond donors (Lipinski definition) is 0. The maximum Gasteiger partial charge on any atom is 0.279 e. The Bertz CT molecular complexity index is 1510. The minimum Gasteiger partial charge on any atom is -0.318 e. The maximum atomic E-state index is 12.9. The standard InChI is InChI=1S/C23H19Cl2N3O3S2/c1-27(14-15-6-4-3-5-7-15)33(30,31)18-10-8-16(9-11-18)22(29)26-23-28(2)21-19(25)12-17(24)13-20(21)32-23/h3-13H,14H2,1-2H3. The molecule has 0 N–H and O–H groups in total. The van der Waals surface area contributed by atoms with Crippen LogP contribution >= 0.6 is 34.5 Å². The van der Waals surface area contributed by atoms with Crippen LogP contribution in [0.3, 0.4) is 0 Å². The van der Waals surface area contributed by atoms with Crippen LogP contribution in [0.15, 0.2) is 76.6 Å². The van der Waals surface area contributed by atoms with E-state index in [0.717, 1.165) is 15.8 Å². The highest BCUT2D eigenvalue weighted by atomic mass is 35.5. The average molecular weight is 520 g/mol. The van der Waals surface area contributed by atoms with Crippen molar-refractivity contribution in [2.24, 2.45) is 12.0 Å². The lowest BCUT2D eigenvalue weighted by molar-refractivity contribution is 0.0998. The first-order valence-corrected chi connectivity index (χ1v) is 12.8. The van der Waals surface area contributed by atoms with Gasteiger partial charge in [0, 0.05) is 31.2 Å². The molecule has 0 atom stereocenters. The molecule has 0 aliphatic rings. The number of aromatic nitrogens is 1. The molecular formula is C23H19Cl2N3O3S2. The topological polar surface area (TPSA) is 71.7 Å². The normalized spacial score (nSPS) is 12.6. The molecule has 0 radical (unpaired) electrons. The van der Waals surface area contributed by atoms with Crippen molar-refractivity contribution in [2.75, 3.05) is 7.05 Å². The zero-order valence-electron chi connectivity index (χ0n) is 17.7. The predicted molar refractivity (Wildman–Crippen MR) is 132 cm³/mol. The molecule has 0 aliphatic carbocycles. The van der Waals surface area contributed by atoms with Gasteiger partial charge in [-0.1, -0.05) is 64.9 Å². The summed E-state index contributed by atoms with van der Waals surface area (Å²) in [5, 5.41) is 0.973. The summed E-state index contributed by atoms with van der Waals surface area (Å²) in [7, 11) is -0.419. The predicted octanol–water partition coefficient (Wildman–Crippen LogP) is 5.11. The summed E-state index contributed by atoms with van der Waals surface area (Å²) in [6.45, 7) is 0.244. The minimum absolute atomic E-state index is 0.103. The third kappa shape index (κ3) is 4.90. The lowest BCUT2D eigenvalue weighted by Gasteiger charge is -2.17. The summed E-state index contributed by atoms with van der Waals surface area (Å²) in [6, 6.07) is 18.5. The molecule has 0 bridgehead atoms. The summed E-state index contributed by atoms with van der Waals surface area (Å²) in [5.41, 5.74) is 1.90. The Morgan fingerprint density at radius 1 is 1.06 bits per heavy atom. The monoisotopic (exact) mass is 519 g/mol. The summed E-state index contributed by atoms with van der Waals surface area (Å²) in [6.07, 6.45) is 0. The Balaban J connectivity index is 1.59. The van der Waals surface area contributed by atoms with Crippen LogP contribution in [0, 0.1) is 0 Å². The quantitative estimate of drug-likeness (QED) is 0.367. The number of carbonyl (C=O) groups excluding carboxylic acids is 1. The number of halogens is 2. The molecule has 1 aromatic heterocycles. The van der Waals surface area contributed by atoms with Gasteiger partial charge in [0.15, 0.2) is 4.80 Å². The van der Waals surface area contributed by atoms with E-state index < -0.39 is 15.9 Å². The first-order valence-electron chi connectivity index (χ1n) is 9.81. The first kappa shape index (κ1) is 23.7.